The predicted molar refractivity (Wildman–Crippen MR) is 131 cm³/mol. The molecule has 0 heterocycles. The summed E-state index contributed by atoms with van der Waals surface area (Å²) >= 11 is 0. The molecule has 0 aliphatic rings. The van der Waals surface area contributed by atoms with Gasteiger partial charge < -0.3 is 15.0 Å². The molecule has 0 aliphatic heterocycles. The Morgan fingerprint density at radius 2 is 1.43 bits per heavy atom. The molecule has 2 rings (SSSR count). The van der Waals surface area contributed by atoms with E-state index in [1.807, 2.05) is 18.2 Å². The van der Waals surface area contributed by atoms with E-state index in [9.17, 15) is 4.79 Å². The number of carbonyl (C=O) groups excluding carboxylic acids is 1. The van der Waals surface area contributed by atoms with Gasteiger partial charge in [-0.1, -0.05) is 75.4 Å². The van der Waals surface area contributed by atoms with Crippen LogP contribution >= 0.6 is 0 Å². The standard InChI is InChI=1S/C20H25NO.C7H17N/c1-4-20(2,3)21-14-19(15-22)18-12-10-17(11-13-18)16-8-6-5-7-9-16;1-4-6-8(3)7-5-2/h5-13,15,19,21H,4,14H2,1-3H3;4-7H2,1-3H3/t19-;/m0./s1. The Morgan fingerprint density at radius 3 is 1.90 bits per heavy atom. The van der Waals surface area contributed by atoms with Crippen molar-refractivity contribution < 1.29 is 4.79 Å². The minimum atomic E-state index is -0.101. The summed E-state index contributed by atoms with van der Waals surface area (Å²) in [6.45, 7) is 14.1. The number of carbonyl (C=O) groups is 1. The fourth-order valence-corrected chi connectivity index (χ4v) is 3.18. The highest BCUT2D eigenvalue weighted by atomic mass is 16.1. The zero-order chi connectivity index (χ0) is 22.4. The lowest BCUT2D eigenvalue weighted by atomic mass is 9.95. The largest absolute Gasteiger partial charge is 0.311 e. The number of rotatable bonds is 11. The molecule has 0 saturated heterocycles. The molecule has 3 nitrogen and oxygen atoms in total. The van der Waals surface area contributed by atoms with E-state index in [1.165, 1.54) is 37.1 Å². The van der Waals surface area contributed by atoms with Crippen molar-refractivity contribution in [3.05, 3.63) is 60.2 Å². The lowest BCUT2D eigenvalue weighted by Crippen LogP contribution is -2.41. The zero-order valence-electron chi connectivity index (χ0n) is 19.9. The smallest absolute Gasteiger partial charge is 0.128 e. The van der Waals surface area contributed by atoms with Crippen LogP contribution in [0.15, 0.2) is 54.6 Å². The molecule has 0 saturated carbocycles. The van der Waals surface area contributed by atoms with Gasteiger partial charge in [0, 0.05) is 12.1 Å². The van der Waals surface area contributed by atoms with E-state index in [1.54, 1.807) is 0 Å². The molecule has 2 aromatic rings. The van der Waals surface area contributed by atoms with Crippen LogP contribution < -0.4 is 5.32 Å². The van der Waals surface area contributed by atoms with Crippen molar-refractivity contribution in [3.8, 4) is 11.1 Å². The molecular weight excluding hydrogens is 368 g/mol. The quantitative estimate of drug-likeness (QED) is 0.451. The Labute approximate surface area is 184 Å². The van der Waals surface area contributed by atoms with Crippen molar-refractivity contribution in [2.75, 3.05) is 26.7 Å². The van der Waals surface area contributed by atoms with Crippen molar-refractivity contribution in [3.63, 3.8) is 0 Å². The Balaban J connectivity index is 0.000000479. The van der Waals surface area contributed by atoms with Gasteiger partial charge in [0.05, 0.1) is 5.92 Å². The third-order valence-corrected chi connectivity index (χ3v) is 5.51. The van der Waals surface area contributed by atoms with Gasteiger partial charge in [0.25, 0.3) is 0 Å². The van der Waals surface area contributed by atoms with Crippen molar-refractivity contribution in [2.24, 2.45) is 0 Å². The zero-order valence-corrected chi connectivity index (χ0v) is 19.9. The Bertz CT molecular complexity index is 689. The molecule has 0 spiro atoms. The molecule has 3 heteroatoms. The number of aldehydes is 1. The summed E-state index contributed by atoms with van der Waals surface area (Å²) in [5, 5.41) is 3.47. The molecule has 1 N–H and O–H groups in total. The molecule has 0 bridgehead atoms. The number of nitrogens with zero attached hydrogens (tertiary/aromatic N) is 1. The minimum Gasteiger partial charge on any atom is -0.311 e. The fraction of sp³-hybridized carbons (Fsp3) is 0.519. The second-order valence-electron chi connectivity index (χ2n) is 8.65. The van der Waals surface area contributed by atoms with Gasteiger partial charge in [0.1, 0.15) is 6.29 Å². The van der Waals surface area contributed by atoms with Gasteiger partial charge in [0.2, 0.25) is 0 Å². The van der Waals surface area contributed by atoms with E-state index in [0.29, 0.717) is 6.54 Å². The van der Waals surface area contributed by atoms with Gasteiger partial charge in [-0.15, -0.1) is 0 Å². The molecule has 0 amide bonds. The highest BCUT2D eigenvalue weighted by molar-refractivity contribution is 5.67. The molecule has 0 aliphatic carbocycles. The average molecular weight is 411 g/mol. The van der Waals surface area contributed by atoms with Gasteiger partial charge >= 0.3 is 0 Å². The van der Waals surface area contributed by atoms with Crippen LogP contribution in [0.2, 0.25) is 0 Å². The first-order valence-corrected chi connectivity index (χ1v) is 11.4. The summed E-state index contributed by atoms with van der Waals surface area (Å²) in [6.07, 6.45) is 4.62. The lowest BCUT2D eigenvalue weighted by molar-refractivity contribution is -0.109. The molecule has 0 radical (unpaired) electrons. The maximum absolute atomic E-state index is 11.4. The maximum Gasteiger partial charge on any atom is 0.128 e. The van der Waals surface area contributed by atoms with Crippen molar-refractivity contribution in [1.82, 2.24) is 10.2 Å². The van der Waals surface area contributed by atoms with Gasteiger partial charge in [-0.3, -0.25) is 0 Å². The van der Waals surface area contributed by atoms with Crippen LogP contribution in [0.3, 0.4) is 0 Å². The number of hydrogen-bond acceptors (Lipinski definition) is 3. The minimum absolute atomic E-state index is 0.0608. The van der Waals surface area contributed by atoms with Crippen molar-refractivity contribution >= 4 is 6.29 Å². The van der Waals surface area contributed by atoms with Crippen LogP contribution in [0.25, 0.3) is 11.1 Å². The van der Waals surface area contributed by atoms with Crippen LogP contribution in [-0.4, -0.2) is 43.4 Å². The highest BCUT2D eigenvalue weighted by Crippen LogP contribution is 2.22. The second kappa shape index (κ2) is 14.1. The third-order valence-electron chi connectivity index (χ3n) is 5.51. The number of hydrogen-bond donors (Lipinski definition) is 1. The Morgan fingerprint density at radius 1 is 0.900 bits per heavy atom. The van der Waals surface area contributed by atoms with E-state index >= 15 is 0 Å². The summed E-state index contributed by atoms with van der Waals surface area (Å²) < 4.78 is 0. The Kier molecular flexibility index (Phi) is 12.3. The maximum atomic E-state index is 11.4. The first-order chi connectivity index (χ1) is 14.4. The predicted octanol–water partition coefficient (Wildman–Crippen LogP) is 6.15. The second-order valence-corrected chi connectivity index (χ2v) is 8.65. The van der Waals surface area contributed by atoms with Gasteiger partial charge in [0.15, 0.2) is 0 Å². The van der Waals surface area contributed by atoms with Crippen LogP contribution in [-0.2, 0) is 4.79 Å². The van der Waals surface area contributed by atoms with E-state index in [-0.39, 0.29) is 11.5 Å². The molecule has 1 atom stereocenters. The first kappa shape index (κ1) is 26.1. The molecule has 0 fully saturated rings. The van der Waals surface area contributed by atoms with Crippen LogP contribution in [0.5, 0.6) is 0 Å². The molecular formula is C27H42N2O. The average Bonchev–Trinajstić information content (AvgIpc) is 2.76. The van der Waals surface area contributed by atoms with Gasteiger partial charge in [-0.2, -0.15) is 0 Å². The Hall–Kier alpha value is -1.97. The van der Waals surface area contributed by atoms with E-state index in [4.69, 9.17) is 0 Å². The number of benzene rings is 2. The lowest BCUT2D eigenvalue weighted by Gasteiger charge is -2.26. The van der Waals surface area contributed by atoms with Crippen molar-refractivity contribution in [2.45, 2.75) is 65.3 Å². The van der Waals surface area contributed by atoms with Crippen LogP contribution in [0.1, 0.15) is 65.4 Å². The summed E-state index contributed by atoms with van der Waals surface area (Å²) in [5.74, 6) is -0.101. The summed E-state index contributed by atoms with van der Waals surface area (Å²) in [7, 11) is 2.17. The van der Waals surface area contributed by atoms with Crippen molar-refractivity contribution in [1.29, 1.82) is 0 Å². The monoisotopic (exact) mass is 410 g/mol. The van der Waals surface area contributed by atoms with E-state index in [2.05, 4.69) is 88.3 Å². The molecule has 30 heavy (non-hydrogen) atoms. The van der Waals surface area contributed by atoms with Gasteiger partial charge in [-0.05, 0) is 69.9 Å². The normalized spacial score (nSPS) is 12.2. The van der Waals surface area contributed by atoms with E-state index < -0.39 is 0 Å². The first-order valence-electron chi connectivity index (χ1n) is 11.4. The van der Waals surface area contributed by atoms with Crippen LogP contribution in [0, 0.1) is 0 Å². The molecule has 2 aromatic carbocycles. The van der Waals surface area contributed by atoms with E-state index in [0.717, 1.165) is 18.3 Å². The topological polar surface area (TPSA) is 32.3 Å². The molecule has 0 unspecified atom stereocenters. The summed E-state index contributed by atoms with van der Waals surface area (Å²) in [5.41, 5.74) is 3.50. The SMILES string of the molecule is CCC(C)(C)NC[C@@H](C=O)c1ccc(-c2ccccc2)cc1.CCCN(C)CCC. The highest BCUT2D eigenvalue weighted by Gasteiger charge is 2.18. The summed E-state index contributed by atoms with van der Waals surface area (Å²) in [6, 6.07) is 18.6. The number of nitrogens with one attached hydrogen (secondary N) is 1. The molecule has 166 valence electrons. The van der Waals surface area contributed by atoms with Crippen LogP contribution in [0.4, 0.5) is 0 Å². The third kappa shape index (κ3) is 9.69. The van der Waals surface area contributed by atoms with Gasteiger partial charge in [-0.25, -0.2) is 0 Å². The summed E-state index contributed by atoms with van der Waals surface area (Å²) in [4.78, 5) is 13.8. The molecule has 0 aromatic heterocycles. The fourth-order valence-electron chi connectivity index (χ4n) is 3.18.